The molecule has 2 N–H and O–H groups in total. The Balaban J connectivity index is 0.00000196. The Hall–Kier alpha value is -0.450. The van der Waals surface area contributed by atoms with Gasteiger partial charge in [0.15, 0.2) is 0 Å². The molecule has 0 fully saturated rings. The lowest BCUT2D eigenvalue weighted by molar-refractivity contribution is 0.115. The van der Waals surface area contributed by atoms with E-state index in [0.717, 1.165) is 0 Å². The SMILES string of the molecule is Cc1ccc(Cl)c([C@H](N)C(F)F)c1F.Cl. The van der Waals surface area contributed by atoms with Gasteiger partial charge in [-0.15, -0.1) is 12.4 Å². The van der Waals surface area contributed by atoms with Crippen molar-refractivity contribution in [1.82, 2.24) is 0 Å². The molecule has 0 aliphatic heterocycles. The molecule has 1 aromatic carbocycles. The van der Waals surface area contributed by atoms with Gasteiger partial charge in [-0.25, -0.2) is 13.2 Å². The second-order valence-electron chi connectivity index (χ2n) is 2.95. The highest BCUT2D eigenvalue weighted by molar-refractivity contribution is 6.31. The quantitative estimate of drug-likeness (QED) is 0.865. The smallest absolute Gasteiger partial charge is 0.257 e. The molecule has 0 amide bonds. The monoisotopic (exact) mass is 259 g/mol. The molecule has 0 aliphatic carbocycles. The largest absolute Gasteiger partial charge is 0.319 e. The van der Waals surface area contributed by atoms with Crippen molar-refractivity contribution in [2.75, 3.05) is 0 Å². The van der Waals surface area contributed by atoms with E-state index >= 15 is 0 Å². The van der Waals surface area contributed by atoms with Crippen molar-refractivity contribution in [2.24, 2.45) is 5.73 Å². The molecule has 1 rings (SSSR count). The molecule has 0 aromatic heterocycles. The molecule has 0 spiro atoms. The topological polar surface area (TPSA) is 26.0 Å². The highest BCUT2D eigenvalue weighted by atomic mass is 35.5. The number of halogens is 5. The zero-order valence-electron chi connectivity index (χ0n) is 7.81. The Morgan fingerprint density at radius 2 is 1.87 bits per heavy atom. The fraction of sp³-hybridized carbons (Fsp3) is 0.333. The summed E-state index contributed by atoms with van der Waals surface area (Å²) < 4.78 is 37.9. The normalized spacial score (nSPS) is 12.5. The maximum Gasteiger partial charge on any atom is 0.257 e. The van der Waals surface area contributed by atoms with Crippen LogP contribution >= 0.6 is 24.0 Å². The Kier molecular flexibility index (Phi) is 5.42. The van der Waals surface area contributed by atoms with Gasteiger partial charge in [-0.1, -0.05) is 17.7 Å². The molecular formula is C9H10Cl2F3N. The van der Waals surface area contributed by atoms with Gasteiger partial charge < -0.3 is 5.73 Å². The number of nitrogens with two attached hydrogens (primary N) is 1. The summed E-state index contributed by atoms with van der Waals surface area (Å²) in [6, 6.07) is 1.10. The molecule has 15 heavy (non-hydrogen) atoms. The number of benzene rings is 1. The molecule has 0 unspecified atom stereocenters. The summed E-state index contributed by atoms with van der Waals surface area (Å²) in [5.41, 5.74) is 5.07. The lowest BCUT2D eigenvalue weighted by Crippen LogP contribution is -2.21. The first-order chi connectivity index (χ1) is 6.45. The molecule has 1 atom stereocenters. The van der Waals surface area contributed by atoms with Crippen molar-refractivity contribution < 1.29 is 13.2 Å². The molecule has 0 radical (unpaired) electrons. The van der Waals surface area contributed by atoms with Crippen LogP contribution in [0.15, 0.2) is 12.1 Å². The van der Waals surface area contributed by atoms with Crippen LogP contribution in [0.5, 0.6) is 0 Å². The van der Waals surface area contributed by atoms with Crippen LogP contribution in [0.1, 0.15) is 17.2 Å². The van der Waals surface area contributed by atoms with Crippen LogP contribution in [0.2, 0.25) is 5.02 Å². The van der Waals surface area contributed by atoms with Crippen LogP contribution in [0.3, 0.4) is 0 Å². The van der Waals surface area contributed by atoms with Gasteiger partial charge in [-0.2, -0.15) is 0 Å². The highest BCUT2D eigenvalue weighted by Crippen LogP contribution is 2.29. The Labute approximate surface area is 96.8 Å². The first-order valence-electron chi connectivity index (χ1n) is 3.93. The van der Waals surface area contributed by atoms with E-state index < -0.39 is 18.3 Å². The Bertz CT molecular complexity index is 344. The molecule has 1 aromatic rings. The Morgan fingerprint density at radius 1 is 1.33 bits per heavy atom. The zero-order chi connectivity index (χ0) is 10.9. The van der Waals surface area contributed by atoms with Crippen LogP contribution in [0.25, 0.3) is 0 Å². The molecule has 1 nitrogen and oxygen atoms in total. The second-order valence-corrected chi connectivity index (χ2v) is 3.36. The van der Waals surface area contributed by atoms with Gasteiger partial charge in [-0.05, 0) is 18.6 Å². The van der Waals surface area contributed by atoms with Gasteiger partial charge >= 0.3 is 0 Å². The number of hydrogen-bond acceptors (Lipinski definition) is 1. The van der Waals surface area contributed by atoms with E-state index in [1.54, 1.807) is 0 Å². The van der Waals surface area contributed by atoms with Crippen LogP contribution in [-0.2, 0) is 0 Å². The first-order valence-corrected chi connectivity index (χ1v) is 4.31. The zero-order valence-corrected chi connectivity index (χ0v) is 9.38. The van der Waals surface area contributed by atoms with Crippen molar-refractivity contribution in [3.05, 3.63) is 34.1 Å². The fourth-order valence-corrected chi connectivity index (χ4v) is 1.38. The molecule has 0 aliphatic rings. The number of aryl methyl sites for hydroxylation is 1. The summed E-state index contributed by atoms with van der Waals surface area (Å²) in [6.07, 6.45) is -2.83. The molecule has 0 saturated carbocycles. The summed E-state index contributed by atoms with van der Waals surface area (Å²) in [4.78, 5) is 0. The maximum absolute atomic E-state index is 13.4. The van der Waals surface area contributed by atoms with Crippen LogP contribution in [-0.4, -0.2) is 6.43 Å². The van der Waals surface area contributed by atoms with Crippen LogP contribution < -0.4 is 5.73 Å². The predicted molar refractivity (Wildman–Crippen MR) is 56.3 cm³/mol. The molecule has 86 valence electrons. The third-order valence-corrected chi connectivity index (χ3v) is 2.25. The van der Waals surface area contributed by atoms with Crippen molar-refractivity contribution in [1.29, 1.82) is 0 Å². The van der Waals surface area contributed by atoms with E-state index in [9.17, 15) is 13.2 Å². The van der Waals surface area contributed by atoms with Crippen LogP contribution in [0.4, 0.5) is 13.2 Å². The average molecular weight is 260 g/mol. The average Bonchev–Trinajstić information content (AvgIpc) is 2.12. The van der Waals surface area contributed by atoms with Gasteiger partial charge in [-0.3, -0.25) is 0 Å². The van der Waals surface area contributed by atoms with Gasteiger partial charge in [0.2, 0.25) is 0 Å². The molecule has 6 heteroatoms. The third-order valence-electron chi connectivity index (χ3n) is 1.92. The number of hydrogen-bond donors (Lipinski definition) is 1. The van der Waals surface area contributed by atoms with Gasteiger partial charge in [0.05, 0.1) is 6.04 Å². The van der Waals surface area contributed by atoms with Crippen molar-refractivity contribution >= 4 is 24.0 Å². The lowest BCUT2D eigenvalue weighted by atomic mass is 10.0. The van der Waals surface area contributed by atoms with Gasteiger partial charge in [0.1, 0.15) is 5.82 Å². The summed E-state index contributed by atoms with van der Waals surface area (Å²) in [6.45, 7) is 1.47. The van der Waals surface area contributed by atoms with E-state index in [1.807, 2.05) is 0 Å². The lowest BCUT2D eigenvalue weighted by Gasteiger charge is -2.14. The number of rotatable bonds is 2. The van der Waals surface area contributed by atoms with E-state index in [-0.39, 0.29) is 28.6 Å². The van der Waals surface area contributed by atoms with Gasteiger partial charge in [0.25, 0.3) is 6.43 Å². The molecule has 0 saturated heterocycles. The fourth-order valence-electron chi connectivity index (χ4n) is 1.11. The summed E-state index contributed by atoms with van der Waals surface area (Å²) >= 11 is 5.59. The van der Waals surface area contributed by atoms with E-state index in [2.05, 4.69) is 0 Å². The first kappa shape index (κ1) is 14.6. The molecule has 0 heterocycles. The standard InChI is InChI=1S/C9H9ClF3N.ClH/c1-4-2-3-5(10)6(7(4)11)8(14)9(12)13;/h2-3,8-9H,14H2,1H3;1H/t8-;/m0./s1. The van der Waals surface area contributed by atoms with Crippen molar-refractivity contribution in [3.8, 4) is 0 Å². The van der Waals surface area contributed by atoms with Crippen molar-refractivity contribution in [3.63, 3.8) is 0 Å². The minimum atomic E-state index is -2.83. The minimum absolute atomic E-state index is 0. The summed E-state index contributed by atoms with van der Waals surface area (Å²) in [5.74, 6) is -0.759. The number of alkyl halides is 2. The summed E-state index contributed by atoms with van der Waals surface area (Å²) in [5, 5.41) is -0.0686. The van der Waals surface area contributed by atoms with Crippen molar-refractivity contribution in [2.45, 2.75) is 19.4 Å². The predicted octanol–water partition coefficient (Wildman–Crippen LogP) is 3.47. The van der Waals surface area contributed by atoms with E-state index in [4.69, 9.17) is 17.3 Å². The second kappa shape index (κ2) is 5.58. The highest BCUT2D eigenvalue weighted by Gasteiger charge is 2.24. The van der Waals surface area contributed by atoms with Gasteiger partial charge in [0, 0.05) is 10.6 Å². The maximum atomic E-state index is 13.4. The summed E-state index contributed by atoms with van der Waals surface area (Å²) in [7, 11) is 0. The molecular weight excluding hydrogens is 250 g/mol. The molecule has 0 bridgehead atoms. The minimum Gasteiger partial charge on any atom is -0.319 e. The Morgan fingerprint density at radius 3 is 2.33 bits per heavy atom. The van der Waals surface area contributed by atoms with E-state index in [0.29, 0.717) is 0 Å². The third kappa shape index (κ3) is 3.00. The van der Waals surface area contributed by atoms with E-state index in [1.165, 1.54) is 19.1 Å². The van der Waals surface area contributed by atoms with Crippen LogP contribution in [0, 0.1) is 12.7 Å².